The van der Waals surface area contributed by atoms with E-state index in [1.165, 1.54) is 18.7 Å². The Labute approximate surface area is 97.6 Å². The zero-order valence-corrected chi connectivity index (χ0v) is 10.5. The van der Waals surface area contributed by atoms with Gasteiger partial charge < -0.3 is 5.32 Å². The minimum atomic E-state index is 0.583. The van der Waals surface area contributed by atoms with Crippen molar-refractivity contribution in [2.45, 2.75) is 38.9 Å². The molecule has 0 amide bonds. The predicted molar refractivity (Wildman–Crippen MR) is 65.2 cm³/mol. The Morgan fingerprint density at radius 1 is 1.56 bits per heavy atom. The molecule has 0 bridgehead atoms. The van der Waals surface area contributed by atoms with Gasteiger partial charge in [-0.05, 0) is 12.5 Å². The Hall–Kier alpha value is -0.870. The average Bonchev–Trinajstić information content (AvgIpc) is 2.76. The standard InChI is InChI=1S/C12H22N4/c1-10(2)13-11-5-7-16(8-11)9-12-4-6-15(3)14-12/h4,6,10-11,13H,5,7-9H2,1-3H3. The summed E-state index contributed by atoms with van der Waals surface area (Å²) in [5.41, 5.74) is 1.17. The van der Waals surface area contributed by atoms with Gasteiger partial charge in [-0.3, -0.25) is 9.58 Å². The first-order valence-corrected chi connectivity index (χ1v) is 6.10. The van der Waals surface area contributed by atoms with Crippen LogP contribution in [-0.4, -0.2) is 39.9 Å². The van der Waals surface area contributed by atoms with Crippen molar-refractivity contribution in [3.63, 3.8) is 0 Å². The fourth-order valence-electron chi connectivity index (χ4n) is 2.36. The molecule has 2 heterocycles. The van der Waals surface area contributed by atoms with E-state index >= 15 is 0 Å². The lowest BCUT2D eigenvalue weighted by Gasteiger charge is -2.17. The summed E-state index contributed by atoms with van der Waals surface area (Å²) in [5, 5.41) is 8.01. The van der Waals surface area contributed by atoms with Crippen LogP contribution in [0.25, 0.3) is 0 Å². The molecule has 1 N–H and O–H groups in total. The third kappa shape index (κ3) is 3.06. The van der Waals surface area contributed by atoms with Gasteiger partial charge in [0.2, 0.25) is 0 Å². The number of aromatic nitrogens is 2. The Bertz CT molecular complexity index is 332. The molecule has 1 aliphatic rings. The van der Waals surface area contributed by atoms with Crippen molar-refractivity contribution in [1.82, 2.24) is 20.0 Å². The molecule has 1 saturated heterocycles. The van der Waals surface area contributed by atoms with Crippen LogP contribution in [-0.2, 0) is 13.6 Å². The Kier molecular flexibility index (Phi) is 3.61. The van der Waals surface area contributed by atoms with Crippen LogP contribution in [0.1, 0.15) is 26.0 Å². The summed E-state index contributed by atoms with van der Waals surface area (Å²) in [5.74, 6) is 0. The second-order valence-corrected chi connectivity index (χ2v) is 5.02. The molecule has 90 valence electrons. The van der Waals surface area contributed by atoms with Crippen LogP contribution in [0.15, 0.2) is 12.3 Å². The molecule has 1 atom stereocenters. The van der Waals surface area contributed by atoms with Crippen molar-refractivity contribution in [1.29, 1.82) is 0 Å². The van der Waals surface area contributed by atoms with Gasteiger partial charge in [0.15, 0.2) is 0 Å². The van der Waals surface area contributed by atoms with Crippen LogP contribution in [0.2, 0.25) is 0 Å². The molecule has 0 saturated carbocycles. The first kappa shape index (κ1) is 11.6. The third-order valence-electron chi connectivity index (χ3n) is 3.00. The highest BCUT2D eigenvalue weighted by Crippen LogP contribution is 2.12. The number of hydrogen-bond acceptors (Lipinski definition) is 3. The van der Waals surface area contributed by atoms with Gasteiger partial charge >= 0.3 is 0 Å². The van der Waals surface area contributed by atoms with Crippen molar-refractivity contribution >= 4 is 0 Å². The van der Waals surface area contributed by atoms with Gasteiger partial charge in [-0.2, -0.15) is 5.10 Å². The molecule has 1 aromatic rings. The zero-order chi connectivity index (χ0) is 11.5. The molecular weight excluding hydrogens is 200 g/mol. The van der Waals surface area contributed by atoms with Crippen LogP contribution in [0, 0.1) is 0 Å². The molecule has 0 aliphatic carbocycles. The van der Waals surface area contributed by atoms with Gasteiger partial charge in [-0.1, -0.05) is 13.8 Å². The Morgan fingerprint density at radius 2 is 2.38 bits per heavy atom. The molecular formula is C12H22N4. The lowest BCUT2D eigenvalue weighted by Crippen LogP contribution is -2.36. The minimum absolute atomic E-state index is 0.583. The van der Waals surface area contributed by atoms with Crippen molar-refractivity contribution < 1.29 is 0 Å². The monoisotopic (exact) mass is 222 g/mol. The summed E-state index contributed by atoms with van der Waals surface area (Å²) in [6.07, 6.45) is 3.26. The predicted octanol–water partition coefficient (Wildman–Crippen LogP) is 0.992. The van der Waals surface area contributed by atoms with E-state index in [-0.39, 0.29) is 0 Å². The van der Waals surface area contributed by atoms with E-state index in [2.05, 4.69) is 35.2 Å². The van der Waals surface area contributed by atoms with E-state index in [9.17, 15) is 0 Å². The second kappa shape index (κ2) is 4.97. The fourth-order valence-corrected chi connectivity index (χ4v) is 2.36. The summed E-state index contributed by atoms with van der Waals surface area (Å²) >= 11 is 0. The highest BCUT2D eigenvalue weighted by molar-refractivity contribution is 4.99. The van der Waals surface area contributed by atoms with Crippen LogP contribution in [0.3, 0.4) is 0 Å². The van der Waals surface area contributed by atoms with E-state index < -0.39 is 0 Å². The van der Waals surface area contributed by atoms with E-state index in [0.29, 0.717) is 12.1 Å². The van der Waals surface area contributed by atoms with E-state index in [4.69, 9.17) is 0 Å². The van der Waals surface area contributed by atoms with E-state index in [1.807, 2.05) is 17.9 Å². The third-order valence-corrected chi connectivity index (χ3v) is 3.00. The number of aryl methyl sites for hydroxylation is 1. The zero-order valence-electron chi connectivity index (χ0n) is 10.5. The lowest BCUT2D eigenvalue weighted by molar-refractivity contribution is 0.312. The summed E-state index contributed by atoms with van der Waals surface area (Å²) in [4.78, 5) is 2.47. The van der Waals surface area contributed by atoms with Gasteiger partial charge in [0.25, 0.3) is 0 Å². The number of nitrogens with zero attached hydrogens (tertiary/aromatic N) is 3. The second-order valence-electron chi connectivity index (χ2n) is 5.02. The maximum Gasteiger partial charge on any atom is 0.0764 e. The number of rotatable bonds is 4. The first-order chi connectivity index (χ1) is 7.63. The van der Waals surface area contributed by atoms with E-state index in [0.717, 1.165) is 13.1 Å². The SMILES string of the molecule is CC(C)NC1CCN(Cc2ccn(C)n2)C1. The minimum Gasteiger partial charge on any atom is -0.310 e. The van der Waals surface area contributed by atoms with Gasteiger partial charge in [-0.15, -0.1) is 0 Å². The molecule has 4 heteroatoms. The topological polar surface area (TPSA) is 33.1 Å². The molecule has 2 rings (SSSR count). The number of hydrogen-bond donors (Lipinski definition) is 1. The highest BCUT2D eigenvalue weighted by atomic mass is 15.3. The molecule has 1 unspecified atom stereocenters. The quantitative estimate of drug-likeness (QED) is 0.825. The average molecular weight is 222 g/mol. The molecule has 16 heavy (non-hydrogen) atoms. The van der Waals surface area contributed by atoms with Gasteiger partial charge in [-0.25, -0.2) is 0 Å². The van der Waals surface area contributed by atoms with Crippen molar-refractivity contribution in [2.75, 3.05) is 13.1 Å². The maximum atomic E-state index is 4.41. The van der Waals surface area contributed by atoms with Crippen molar-refractivity contribution in [3.8, 4) is 0 Å². The highest BCUT2D eigenvalue weighted by Gasteiger charge is 2.22. The Balaban J connectivity index is 1.80. The van der Waals surface area contributed by atoms with Crippen LogP contribution in [0.5, 0.6) is 0 Å². The smallest absolute Gasteiger partial charge is 0.0764 e. The van der Waals surface area contributed by atoms with Crippen molar-refractivity contribution in [2.24, 2.45) is 7.05 Å². The normalized spacial score (nSPS) is 22.1. The fraction of sp³-hybridized carbons (Fsp3) is 0.750. The molecule has 0 spiro atoms. The maximum absolute atomic E-state index is 4.41. The first-order valence-electron chi connectivity index (χ1n) is 6.10. The Morgan fingerprint density at radius 3 is 3.00 bits per heavy atom. The molecule has 1 fully saturated rings. The molecule has 0 radical (unpaired) electrons. The van der Waals surface area contributed by atoms with Crippen LogP contribution >= 0.6 is 0 Å². The molecule has 1 aromatic heterocycles. The molecule has 0 aromatic carbocycles. The molecule has 4 nitrogen and oxygen atoms in total. The molecule has 1 aliphatic heterocycles. The summed E-state index contributed by atoms with van der Waals surface area (Å²) in [6.45, 7) is 7.73. The van der Waals surface area contributed by atoms with Gasteiger partial charge in [0.1, 0.15) is 0 Å². The summed E-state index contributed by atoms with van der Waals surface area (Å²) in [7, 11) is 1.97. The van der Waals surface area contributed by atoms with Gasteiger partial charge in [0.05, 0.1) is 5.69 Å². The van der Waals surface area contributed by atoms with Crippen LogP contribution < -0.4 is 5.32 Å². The number of likely N-dealkylation sites (tertiary alicyclic amines) is 1. The lowest BCUT2D eigenvalue weighted by atomic mass is 10.2. The van der Waals surface area contributed by atoms with Crippen molar-refractivity contribution in [3.05, 3.63) is 18.0 Å². The van der Waals surface area contributed by atoms with Gasteiger partial charge in [0, 0.05) is 45.0 Å². The largest absolute Gasteiger partial charge is 0.310 e. The van der Waals surface area contributed by atoms with Crippen LogP contribution in [0.4, 0.5) is 0 Å². The summed E-state index contributed by atoms with van der Waals surface area (Å²) in [6, 6.07) is 3.34. The summed E-state index contributed by atoms with van der Waals surface area (Å²) < 4.78 is 1.87. The van der Waals surface area contributed by atoms with E-state index in [1.54, 1.807) is 0 Å². The number of nitrogens with one attached hydrogen (secondary N) is 1.